The Bertz CT molecular complexity index is 4710. The normalized spacial score (nSPS) is 19.8. The Balaban J connectivity index is 0.000000418. The predicted octanol–water partition coefficient (Wildman–Crippen LogP) is 17.9. The summed E-state index contributed by atoms with van der Waals surface area (Å²) in [6.45, 7) is 53.2. The van der Waals surface area contributed by atoms with Gasteiger partial charge in [0.1, 0.15) is 17.0 Å². The summed E-state index contributed by atoms with van der Waals surface area (Å²) >= 11 is 0. The Morgan fingerprint density at radius 1 is 0.471 bits per heavy atom. The molecule has 6 aromatic carbocycles. The number of azide groups is 3. The number of hydrogen-bond acceptors (Lipinski definition) is 15. The number of amides is 3. The number of ether oxygens (including phenoxy) is 3. The largest absolute Gasteiger partial charge is 2.00 e. The van der Waals surface area contributed by atoms with Gasteiger partial charge in [-0.2, -0.15) is 4.40 Å². The molecule has 3 amide bonds. The molecule has 136 heavy (non-hydrogen) atoms. The van der Waals surface area contributed by atoms with Crippen LogP contribution in [0.25, 0.3) is 31.3 Å². The summed E-state index contributed by atoms with van der Waals surface area (Å²) in [6.07, 6.45) is 16.6. The maximum Gasteiger partial charge on any atom is 2.00 e. The number of halogens is 1. The van der Waals surface area contributed by atoms with Gasteiger partial charge in [0.05, 0.1) is 41.4 Å². The van der Waals surface area contributed by atoms with Crippen LogP contribution in [0.3, 0.4) is 0 Å². The minimum atomic E-state index is -3.03. The van der Waals surface area contributed by atoms with Gasteiger partial charge in [0.25, 0.3) is 25.0 Å². The molecule has 26 nitrogen and oxygen atoms in total. The van der Waals surface area contributed by atoms with Crippen molar-refractivity contribution >= 4 is 126 Å². The number of hydrogen-bond donors (Lipinski definition) is 2. The average Bonchev–Trinajstić information content (AvgIpc) is 1.43. The third kappa shape index (κ3) is 30.7. The van der Waals surface area contributed by atoms with E-state index in [2.05, 4.69) is 308 Å². The smallest absolute Gasteiger partial charge is 1.00 e. The van der Waals surface area contributed by atoms with Gasteiger partial charge in [-0.25, -0.2) is 47.1 Å². The third-order valence-corrected chi connectivity index (χ3v) is 43.0. The van der Waals surface area contributed by atoms with Crippen LogP contribution in [0.4, 0.5) is 14.4 Å². The molecule has 3 heterocycles. The maximum atomic E-state index is 13.9. The van der Waals surface area contributed by atoms with Gasteiger partial charge in [0.2, 0.25) is 0 Å². The molecule has 13 atom stereocenters. The number of nitrogens with zero attached hydrogens (tertiary/aromatic N) is 13. The SMILES string of the molecule is C=CC[C@@H](N)[C@H]1N(CCCCN=[N+]=[N-])C(=O)O[C@]1(C)[C@@H](CC)O[Si](c1ccccc1)(c1ccccc1)C(C)(C)C.C=CC[C@@H](N[S@@](=O)CCCCC)[C@H]1N(CCCCN=[N+]=[N-])C(=O)O[C@]1(C)[C@@H](CC)O[Si](c1ccccc1)(c1ccccc1)C(C)(C)C.C=C[CH2-].CCCCC[S@](=O)N=C[C@H]1N(CCCCN=[N+]=[N-])C(=O)O[C@]1(C)[C@@H](CC)O[Si](c1ccccc1)(c1ccccc1)C(C)(C)C.[Br-].[Mg+2]. The van der Waals surface area contributed by atoms with E-state index in [0.717, 1.165) is 59.3 Å². The summed E-state index contributed by atoms with van der Waals surface area (Å²) in [7, 11) is -11.7. The van der Waals surface area contributed by atoms with Crippen molar-refractivity contribution in [3.05, 3.63) is 258 Å². The van der Waals surface area contributed by atoms with Crippen molar-refractivity contribution in [1.29, 1.82) is 0 Å². The first-order valence-electron chi connectivity index (χ1n) is 47.8. The van der Waals surface area contributed by atoms with Crippen molar-refractivity contribution in [2.24, 2.45) is 25.5 Å². The number of benzene rings is 6. The quantitative estimate of drug-likeness (QED) is 0.00414. The number of nitrogens with two attached hydrogens (primary N) is 1. The summed E-state index contributed by atoms with van der Waals surface area (Å²) in [5.74, 6) is 1.01. The predicted molar refractivity (Wildman–Crippen MR) is 564 cm³/mol. The molecule has 0 unspecified atom stereocenters. The van der Waals surface area contributed by atoms with E-state index in [1.807, 2.05) is 63.2 Å². The van der Waals surface area contributed by atoms with Crippen LogP contribution < -0.4 is 58.6 Å². The van der Waals surface area contributed by atoms with E-state index in [1.54, 1.807) is 27.0 Å². The van der Waals surface area contributed by atoms with Gasteiger partial charge in [-0.05, 0) is 167 Å². The maximum absolute atomic E-state index is 13.9. The topological polar surface area (TPSA) is 347 Å². The fraction of sp³-hybridized carbons (Fsp3) is 0.544. The molecule has 3 fully saturated rings. The Morgan fingerprint density at radius 3 is 1.06 bits per heavy atom. The molecule has 3 saturated heterocycles. The van der Waals surface area contributed by atoms with Crippen LogP contribution >= 0.6 is 0 Å². The second kappa shape index (κ2) is 58.8. The van der Waals surface area contributed by atoms with Crippen molar-refractivity contribution in [3.63, 3.8) is 0 Å². The summed E-state index contributed by atoms with van der Waals surface area (Å²) in [4.78, 5) is 54.6. The third-order valence-electron chi connectivity index (χ3n) is 25.6. The molecule has 3 aliphatic rings. The Morgan fingerprint density at radius 2 is 0.757 bits per heavy atom. The van der Waals surface area contributed by atoms with Crippen LogP contribution in [0.1, 0.15) is 227 Å². The fourth-order valence-corrected chi connectivity index (χ4v) is 35.8. The molecule has 3 N–H and O–H groups in total. The van der Waals surface area contributed by atoms with E-state index in [0.29, 0.717) is 121 Å². The standard InChI is InChI=1S/C36H55N5O4SSi.C33H49N5O4SSi.C31H45N5O3Si.C3H5.BrH.Mg/c1-8-11-20-28-46(43)39-31(21-9-2)33-36(7,44-34(42)41(33)27-19-18-26-38-40-37)32(10-3)45-47(35(4,5)6,29-22-14-12-15-23-29)30-24-16-13-17-25-30;1-7-9-18-25-43(40)36-26-29-33(6,41-31(39)38(29)24-17-16-23-35-37-34)30(8-2)42-44(32(3,4)5,27-19-12-10-13-20-27)28-21-14-11-15-22-28;1-7-17-26(32)28-31(6,38-29(37)36(28)23-16-15-22-34-35-33)27(8-2)39-40(30(3,4)5,24-18-11-9-12-19-24)25-20-13-10-14-21-25;1-3-2;;/h9,12-17,22-25,31-33,39H,2,8,10-11,18-21,26-28H2,1,3-7H3;10-15,19-22,26,29-30H,7-9,16-18,23-25H2,1-6H3;7,9-14,18-21,26-28H,1,8,15-17,22-23,32H2,2-6H3;3H,1-2H2;1H;/q;;;-1;;+2/p-1/t31-,32-,33-,36-,46+;29-,30-,33+,43+;26-,27-,28-,31-;;;/m111.../s1. The minimum absolute atomic E-state index is 0. The van der Waals surface area contributed by atoms with E-state index >= 15 is 0 Å². The minimum Gasteiger partial charge on any atom is -1.00 e. The van der Waals surface area contributed by atoms with E-state index < -0.39 is 112 Å². The molecule has 0 saturated carbocycles. The molecule has 0 radical (unpaired) electrons. The van der Waals surface area contributed by atoms with E-state index in [-0.39, 0.29) is 73.3 Å². The molecule has 3 aliphatic heterocycles. The van der Waals surface area contributed by atoms with Gasteiger partial charge in [-0.3, -0.25) is 14.7 Å². The number of carbonyl (C=O) groups is 3. The molecule has 0 aromatic heterocycles. The summed E-state index contributed by atoms with van der Waals surface area (Å²) in [5.41, 5.74) is 29.6. The monoisotopic (exact) mass is 2030 g/mol. The van der Waals surface area contributed by atoms with Crippen molar-refractivity contribution in [3.8, 4) is 0 Å². The number of nitrogens with one attached hydrogen (secondary N) is 1. The number of unbranched alkanes of at least 4 members (excludes halogenated alkanes) is 7. The van der Waals surface area contributed by atoms with E-state index in [9.17, 15) is 22.8 Å². The molecule has 9 rings (SSSR count). The molecule has 0 bridgehead atoms. The Labute approximate surface area is 847 Å². The van der Waals surface area contributed by atoms with Crippen molar-refractivity contribution in [2.45, 2.75) is 307 Å². The first-order valence-corrected chi connectivity index (χ1v) is 56.2. The molecule has 33 heteroatoms. The van der Waals surface area contributed by atoms with Crippen LogP contribution in [-0.2, 0) is 49.5 Å². The Kier molecular flexibility index (Phi) is 51.9. The van der Waals surface area contributed by atoms with Crippen LogP contribution in [0.5, 0.6) is 0 Å². The Hall–Kier alpha value is -8.18. The summed E-state index contributed by atoms with van der Waals surface area (Å²) in [6, 6.07) is 60.4. The van der Waals surface area contributed by atoms with E-state index in [1.165, 1.54) is 16.4 Å². The molecule has 0 aliphatic carbocycles. The van der Waals surface area contributed by atoms with Gasteiger partial charge in [-0.1, -0.05) is 332 Å². The van der Waals surface area contributed by atoms with Crippen molar-refractivity contribution < 1.29 is 67.3 Å². The number of cyclic esters (lactones) is 3. The van der Waals surface area contributed by atoms with Gasteiger partial charge >= 0.3 is 41.3 Å². The molecule has 6 aromatic rings. The van der Waals surface area contributed by atoms with Crippen LogP contribution in [0.2, 0.25) is 15.1 Å². The number of carbonyl (C=O) groups excluding carboxylic acids is 3. The fourth-order valence-electron chi connectivity index (χ4n) is 19.3. The van der Waals surface area contributed by atoms with Gasteiger partial charge in [-0.15, -0.1) is 13.2 Å². The van der Waals surface area contributed by atoms with Gasteiger partial charge in [0, 0.05) is 83.8 Å². The second-order valence-corrected chi connectivity index (χ2v) is 53.4. The summed E-state index contributed by atoms with van der Waals surface area (Å²) in [5, 5.41) is 17.0. The van der Waals surface area contributed by atoms with Crippen LogP contribution in [0.15, 0.2) is 240 Å². The van der Waals surface area contributed by atoms with Gasteiger partial charge in [0.15, 0.2) is 16.8 Å². The zero-order valence-corrected chi connectivity index (χ0v) is 91.7. The molecule has 740 valence electrons. The number of rotatable bonds is 51. The molecular weight excluding hydrogens is 1880 g/mol. The first-order chi connectivity index (χ1) is 64.0. The van der Waals surface area contributed by atoms with Crippen molar-refractivity contribution in [1.82, 2.24) is 19.4 Å². The molecule has 0 spiro atoms. The zero-order chi connectivity index (χ0) is 98.8. The average molecular weight is 2030 g/mol. The zero-order valence-electron chi connectivity index (χ0n) is 84.0. The number of allylic oxidation sites excluding steroid dienone is 1. The van der Waals surface area contributed by atoms with E-state index in [4.69, 9.17) is 49.8 Å². The van der Waals surface area contributed by atoms with Gasteiger partial charge < -0.3 is 50.2 Å². The van der Waals surface area contributed by atoms with Crippen LogP contribution in [-0.4, -0.2) is 212 Å². The molecular formula is C103H154BrMgN15O11S2Si3. The first kappa shape index (κ1) is 120. The second-order valence-electron chi connectivity index (χ2n) is 38.1. The summed E-state index contributed by atoms with van der Waals surface area (Å²) < 4.78 is 75.9. The van der Waals surface area contributed by atoms with Crippen molar-refractivity contribution in [2.75, 3.05) is 50.8 Å². The van der Waals surface area contributed by atoms with Crippen LogP contribution in [0, 0.1) is 6.92 Å².